The zero-order valence-electron chi connectivity index (χ0n) is 10.8. The van der Waals surface area contributed by atoms with Crippen molar-refractivity contribution in [1.82, 2.24) is 4.98 Å². The molecule has 8 heteroatoms. The van der Waals surface area contributed by atoms with Crippen molar-refractivity contribution in [1.29, 1.82) is 0 Å². The summed E-state index contributed by atoms with van der Waals surface area (Å²) < 4.78 is 14.1. The maximum Gasteiger partial charge on any atom is 0.273 e. The lowest BCUT2D eigenvalue weighted by molar-refractivity contribution is -0.385. The Hall–Kier alpha value is -2.35. The van der Waals surface area contributed by atoms with Gasteiger partial charge < -0.3 is 5.32 Å². The molecular formula is C13H9BrFN3O3. The van der Waals surface area contributed by atoms with E-state index in [9.17, 15) is 19.3 Å². The number of hydrogen-bond donors (Lipinski definition) is 1. The summed E-state index contributed by atoms with van der Waals surface area (Å²) in [5.74, 6) is -1.26. The molecule has 0 aliphatic rings. The number of carbonyl (C=O) groups excluding carboxylic acids is 1. The molecule has 0 aliphatic carbocycles. The van der Waals surface area contributed by atoms with Crippen molar-refractivity contribution in [2.24, 2.45) is 0 Å². The van der Waals surface area contributed by atoms with E-state index in [-0.39, 0.29) is 11.4 Å². The summed E-state index contributed by atoms with van der Waals surface area (Å²) in [6.45, 7) is 1.74. The highest BCUT2D eigenvalue weighted by Gasteiger charge is 2.15. The minimum Gasteiger partial charge on any atom is -0.307 e. The van der Waals surface area contributed by atoms with E-state index < -0.39 is 22.3 Å². The molecule has 0 saturated heterocycles. The minimum absolute atomic E-state index is 0.149. The summed E-state index contributed by atoms with van der Waals surface area (Å²) in [7, 11) is 0. The Bertz CT molecular complexity index is 737. The summed E-state index contributed by atoms with van der Waals surface area (Å²) in [6.07, 6.45) is 0. The highest BCUT2D eigenvalue weighted by Crippen LogP contribution is 2.19. The first-order valence-electron chi connectivity index (χ1n) is 5.76. The summed E-state index contributed by atoms with van der Waals surface area (Å²) in [5.41, 5.74) is 0.0298. The number of rotatable bonds is 3. The van der Waals surface area contributed by atoms with E-state index in [0.29, 0.717) is 5.69 Å². The average molecular weight is 354 g/mol. The van der Waals surface area contributed by atoms with Gasteiger partial charge in [-0.2, -0.15) is 0 Å². The lowest BCUT2D eigenvalue weighted by atomic mass is 10.2. The monoisotopic (exact) mass is 353 g/mol. The number of benzene rings is 1. The molecule has 0 saturated carbocycles. The largest absolute Gasteiger partial charge is 0.307 e. The third-order valence-corrected chi connectivity index (χ3v) is 3.46. The SMILES string of the molecule is Cc1nc(NC(=O)c2cc(F)cc([N+](=O)[O-])c2)ccc1Br. The zero-order valence-corrected chi connectivity index (χ0v) is 12.3. The van der Waals surface area contributed by atoms with E-state index in [4.69, 9.17) is 0 Å². The van der Waals surface area contributed by atoms with Crippen LogP contribution in [-0.2, 0) is 0 Å². The van der Waals surface area contributed by atoms with Crippen LogP contribution in [0.1, 0.15) is 16.1 Å². The fourth-order valence-electron chi connectivity index (χ4n) is 1.61. The van der Waals surface area contributed by atoms with Crippen LogP contribution < -0.4 is 5.32 Å². The van der Waals surface area contributed by atoms with Gasteiger partial charge in [0.2, 0.25) is 0 Å². The highest BCUT2D eigenvalue weighted by molar-refractivity contribution is 9.10. The molecule has 0 radical (unpaired) electrons. The van der Waals surface area contributed by atoms with Gasteiger partial charge in [0.25, 0.3) is 11.6 Å². The predicted octanol–water partition coefficient (Wildman–Crippen LogP) is 3.45. The summed E-state index contributed by atoms with van der Waals surface area (Å²) in [4.78, 5) is 26.0. The number of halogens is 2. The van der Waals surface area contributed by atoms with Gasteiger partial charge in [-0.05, 0) is 41.1 Å². The molecule has 0 aliphatic heterocycles. The maximum absolute atomic E-state index is 13.3. The quantitative estimate of drug-likeness (QED) is 0.676. The van der Waals surface area contributed by atoms with Crippen molar-refractivity contribution < 1.29 is 14.1 Å². The van der Waals surface area contributed by atoms with Gasteiger partial charge in [0.15, 0.2) is 0 Å². The number of aryl methyl sites for hydroxylation is 1. The lowest BCUT2D eigenvalue weighted by Crippen LogP contribution is -2.14. The van der Waals surface area contributed by atoms with Crippen LogP contribution in [0.4, 0.5) is 15.9 Å². The molecular weight excluding hydrogens is 345 g/mol. The molecule has 1 amide bonds. The van der Waals surface area contributed by atoms with E-state index in [2.05, 4.69) is 26.2 Å². The third-order valence-electron chi connectivity index (χ3n) is 2.62. The predicted molar refractivity (Wildman–Crippen MR) is 77.7 cm³/mol. The molecule has 0 fully saturated rings. The third kappa shape index (κ3) is 3.60. The van der Waals surface area contributed by atoms with Crippen molar-refractivity contribution in [2.75, 3.05) is 5.32 Å². The number of carbonyl (C=O) groups is 1. The van der Waals surface area contributed by atoms with E-state index in [1.54, 1.807) is 19.1 Å². The molecule has 21 heavy (non-hydrogen) atoms. The van der Waals surface area contributed by atoms with Crippen LogP contribution in [0.25, 0.3) is 0 Å². The molecule has 0 spiro atoms. The number of nitro groups is 1. The van der Waals surface area contributed by atoms with E-state index >= 15 is 0 Å². The Balaban J connectivity index is 2.27. The number of amides is 1. The molecule has 1 aromatic carbocycles. The van der Waals surface area contributed by atoms with Gasteiger partial charge in [0.1, 0.15) is 11.6 Å². The molecule has 1 N–H and O–H groups in total. The standard InChI is InChI=1S/C13H9BrFN3O3/c1-7-11(14)2-3-12(16-7)17-13(19)8-4-9(15)6-10(5-8)18(20)21/h2-6H,1H3,(H,16,17,19). The van der Waals surface area contributed by atoms with Crippen molar-refractivity contribution in [3.05, 3.63) is 62.0 Å². The second kappa shape index (κ2) is 5.96. The Morgan fingerprint density at radius 2 is 2.10 bits per heavy atom. The van der Waals surface area contributed by atoms with E-state index in [1.807, 2.05) is 0 Å². The first kappa shape index (κ1) is 15.0. The highest BCUT2D eigenvalue weighted by atomic mass is 79.9. The topological polar surface area (TPSA) is 85.1 Å². The van der Waals surface area contributed by atoms with Gasteiger partial charge in [-0.25, -0.2) is 9.37 Å². The van der Waals surface area contributed by atoms with E-state index in [0.717, 1.165) is 22.7 Å². The Morgan fingerprint density at radius 1 is 1.38 bits per heavy atom. The number of nitro benzene ring substituents is 1. The van der Waals surface area contributed by atoms with Crippen molar-refractivity contribution in [3.63, 3.8) is 0 Å². The number of nitrogens with zero attached hydrogens (tertiary/aromatic N) is 2. The van der Waals surface area contributed by atoms with E-state index in [1.165, 1.54) is 0 Å². The van der Waals surface area contributed by atoms with Crippen molar-refractivity contribution >= 4 is 33.3 Å². The van der Waals surface area contributed by atoms with Gasteiger partial charge in [0.05, 0.1) is 16.7 Å². The first-order chi connectivity index (χ1) is 9.86. The van der Waals surface area contributed by atoms with Crippen LogP contribution in [0, 0.1) is 22.9 Å². The molecule has 1 heterocycles. The van der Waals surface area contributed by atoms with Gasteiger partial charge in [-0.3, -0.25) is 14.9 Å². The molecule has 0 bridgehead atoms. The van der Waals surface area contributed by atoms with Crippen LogP contribution in [0.15, 0.2) is 34.8 Å². The summed E-state index contributed by atoms with van der Waals surface area (Å²) in [5, 5.41) is 13.1. The molecule has 0 atom stereocenters. The molecule has 0 unspecified atom stereocenters. The molecule has 2 aromatic rings. The van der Waals surface area contributed by atoms with Crippen LogP contribution >= 0.6 is 15.9 Å². The minimum atomic E-state index is -0.853. The lowest BCUT2D eigenvalue weighted by Gasteiger charge is -2.06. The van der Waals surface area contributed by atoms with Crippen LogP contribution in [0.5, 0.6) is 0 Å². The van der Waals surface area contributed by atoms with Gasteiger partial charge in [-0.15, -0.1) is 0 Å². The summed E-state index contributed by atoms with van der Waals surface area (Å²) >= 11 is 3.28. The van der Waals surface area contributed by atoms with Gasteiger partial charge in [0, 0.05) is 16.1 Å². The number of nitrogens with one attached hydrogen (secondary N) is 1. The Kier molecular flexibility index (Phi) is 4.27. The number of pyridine rings is 1. The smallest absolute Gasteiger partial charge is 0.273 e. The second-order valence-corrected chi connectivity index (χ2v) is 5.03. The molecule has 6 nitrogen and oxygen atoms in total. The van der Waals surface area contributed by atoms with Gasteiger partial charge in [-0.1, -0.05) is 0 Å². The molecule has 108 valence electrons. The maximum atomic E-state index is 13.3. The molecule has 2 rings (SSSR count). The summed E-state index contributed by atoms with van der Waals surface area (Å²) in [6, 6.07) is 5.94. The number of anilines is 1. The average Bonchev–Trinajstić information content (AvgIpc) is 2.42. The fraction of sp³-hybridized carbons (Fsp3) is 0.0769. The Labute approximate surface area is 127 Å². The van der Waals surface area contributed by atoms with Crippen LogP contribution in [-0.4, -0.2) is 15.8 Å². The van der Waals surface area contributed by atoms with Crippen molar-refractivity contribution in [2.45, 2.75) is 6.92 Å². The Morgan fingerprint density at radius 3 is 2.71 bits per heavy atom. The molecule has 1 aromatic heterocycles. The number of non-ortho nitro benzene ring substituents is 1. The van der Waals surface area contributed by atoms with Crippen LogP contribution in [0.2, 0.25) is 0 Å². The van der Waals surface area contributed by atoms with Crippen molar-refractivity contribution in [3.8, 4) is 0 Å². The fourth-order valence-corrected chi connectivity index (χ4v) is 1.83. The second-order valence-electron chi connectivity index (χ2n) is 4.17. The zero-order chi connectivity index (χ0) is 15.6. The first-order valence-corrected chi connectivity index (χ1v) is 6.55. The van der Waals surface area contributed by atoms with Crippen LogP contribution in [0.3, 0.4) is 0 Å². The number of aromatic nitrogens is 1. The normalized spacial score (nSPS) is 10.2. The van der Waals surface area contributed by atoms with Gasteiger partial charge >= 0.3 is 0 Å². The number of hydrogen-bond acceptors (Lipinski definition) is 4.